The first-order valence-corrected chi connectivity index (χ1v) is 10.9. The summed E-state index contributed by atoms with van der Waals surface area (Å²) in [4.78, 5) is 30.2. The number of benzene rings is 1. The number of H-pyrrole nitrogens is 1. The number of nitrogens with one attached hydrogen (secondary N) is 1. The van der Waals surface area contributed by atoms with Crippen LogP contribution in [0.15, 0.2) is 49.1 Å². The van der Waals surface area contributed by atoms with Crippen LogP contribution < -0.4 is 0 Å². The molecule has 6 rings (SSSR count). The summed E-state index contributed by atoms with van der Waals surface area (Å²) < 4.78 is 0. The molecule has 158 valence electrons. The van der Waals surface area contributed by atoms with Gasteiger partial charge in [-0.15, -0.1) is 0 Å². The standard InChI is InChI=1S/C23H25N7O/c31-22(18-8-24-15-25-9-18)30-13-23(14-30)12-29(10-16-4-2-1-3-5-16)11-19(23)21-26-20(27-28-21)17-6-7-17/h1-5,8-9,15,17,19H,6-7,10-14H2,(H,26,27,28). The molecule has 31 heavy (non-hydrogen) atoms. The van der Waals surface area contributed by atoms with Gasteiger partial charge in [-0.2, -0.15) is 5.10 Å². The summed E-state index contributed by atoms with van der Waals surface area (Å²) in [5, 5.41) is 7.75. The lowest BCUT2D eigenvalue weighted by Crippen LogP contribution is -2.61. The Labute approximate surface area is 180 Å². The lowest BCUT2D eigenvalue weighted by atomic mass is 9.71. The van der Waals surface area contributed by atoms with Crippen LogP contribution in [0.25, 0.3) is 0 Å². The number of amides is 1. The van der Waals surface area contributed by atoms with E-state index in [1.165, 1.54) is 24.7 Å². The maximum atomic E-state index is 12.9. The highest BCUT2D eigenvalue weighted by atomic mass is 16.2. The summed E-state index contributed by atoms with van der Waals surface area (Å²) in [7, 11) is 0. The molecule has 1 spiro atoms. The van der Waals surface area contributed by atoms with E-state index in [1.54, 1.807) is 12.4 Å². The van der Waals surface area contributed by atoms with Crippen molar-refractivity contribution in [2.45, 2.75) is 31.2 Å². The van der Waals surface area contributed by atoms with Gasteiger partial charge in [0.25, 0.3) is 5.91 Å². The molecule has 3 fully saturated rings. The van der Waals surface area contributed by atoms with Gasteiger partial charge < -0.3 is 4.90 Å². The van der Waals surface area contributed by atoms with E-state index in [0.717, 1.165) is 44.4 Å². The summed E-state index contributed by atoms with van der Waals surface area (Å²) in [5.74, 6) is 2.71. The highest BCUT2D eigenvalue weighted by Crippen LogP contribution is 2.49. The van der Waals surface area contributed by atoms with Crippen LogP contribution in [0.5, 0.6) is 0 Å². The summed E-state index contributed by atoms with van der Waals surface area (Å²) >= 11 is 0. The molecule has 2 aliphatic heterocycles. The van der Waals surface area contributed by atoms with Crippen LogP contribution in [-0.2, 0) is 6.54 Å². The molecule has 1 amide bonds. The minimum Gasteiger partial charge on any atom is -0.337 e. The molecule has 0 radical (unpaired) electrons. The van der Waals surface area contributed by atoms with Gasteiger partial charge >= 0.3 is 0 Å². The Morgan fingerprint density at radius 2 is 1.87 bits per heavy atom. The van der Waals surface area contributed by atoms with Gasteiger partial charge in [0.15, 0.2) is 5.82 Å². The number of hydrogen-bond donors (Lipinski definition) is 1. The van der Waals surface area contributed by atoms with Gasteiger partial charge in [0.1, 0.15) is 12.2 Å². The number of aromatic nitrogens is 5. The Balaban J connectivity index is 1.23. The largest absolute Gasteiger partial charge is 0.337 e. The van der Waals surface area contributed by atoms with Crippen molar-refractivity contribution >= 4 is 5.91 Å². The fraction of sp³-hybridized carbons (Fsp3) is 0.435. The summed E-state index contributed by atoms with van der Waals surface area (Å²) in [6, 6.07) is 10.6. The van der Waals surface area contributed by atoms with Crippen LogP contribution in [0.3, 0.4) is 0 Å². The van der Waals surface area contributed by atoms with Crippen molar-refractivity contribution in [3.63, 3.8) is 0 Å². The average Bonchev–Trinajstić information content (AvgIpc) is 3.39. The minimum atomic E-state index is 0.000429. The minimum absolute atomic E-state index is 0.000429. The molecule has 1 unspecified atom stereocenters. The summed E-state index contributed by atoms with van der Waals surface area (Å²) in [6.45, 7) is 4.21. The van der Waals surface area contributed by atoms with Gasteiger partial charge in [-0.1, -0.05) is 30.3 Å². The van der Waals surface area contributed by atoms with E-state index in [9.17, 15) is 4.79 Å². The maximum Gasteiger partial charge on any atom is 0.257 e. The molecular formula is C23H25N7O. The SMILES string of the molecule is O=C(c1cncnc1)N1CC2(CN(Cc3ccccc3)CC2c2nc(C3CC3)n[nH]2)C1. The lowest BCUT2D eigenvalue weighted by molar-refractivity contribution is 0.00173. The molecule has 1 aromatic carbocycles. The molecule has 0 bridgehead atoms. The van der Waals surface area contributed by atoms with Crippen molar-refractivity contribution in [3.8, 4) is 0 Å². The number of carbonyl (C=O) groups excluding carboxylic acids is 1. The Bertz CT molecular complexity index is 1070. The molecular weight excluding hydrogens is 390 g/mol. The van der Waals surface area contributed by atoms with Gasteiger partial charge in [-0.3, -0.25) is 14.8 Å². The fourth-order valence-electron chi connectivity index (χ4n) is 5.15. The second kappa shape index (κ2) is 7.23. The van der Waals surface area contributed by atoms with Crippen LogP contribution in [0.1, 0.15) is 52.2 Å². The zero-order chi connectivity index (χ0) is 20.8. The highest BCUT2D eigenvalue weighted by molar-refractivity contribution is 5.94. The lowest BCUT2D eigenvalue weighted by Gasteiger charge is -2.50. The third-order valence-electron chi connectivity index (χ3n) is 6.87. The number of likely N-dealkylation sites (tertiary alicyclic amines) is 2. The van der Waals surface area contributed by atoms with Crippen molar-refractivity contribution in [3.05, 3.63) is 71.8 Å². The maximum absolute atomic E-state index is 12.9. The number of rotatable bonds is 5. The smallest absolute Gasteiger partial charge is 0.257 e. The summed E-state index contributed by atoms with van der Waals surface area (Å²) in [5.41, 5.74) is 1.85. The van der Waals surface area contributed by atoms with Crippen molar-refractivity contribution in [1.82, 2.24) is 34.9 Å². The van der Waals surface area contributed by atoms with Crippen LogP contribution in [0.4, 0.5) is 0 Å². The first-order valence-electron chi connectivity index (χ1n) is 10.9. The molecule has 8 heteroatoms. The van der Waals surface area contributed by atoms with E-state index in [2.05, 4.69) is 55.4 Å². The molecule has 1 N–H and O–H groups in total. The number of nitrogens with zero attached hydrogens (tertiary/aromatic N) is 6. The molecule has 1 saturated carbocycles. The monoisotopic (exact) mass is 415 g/mol. The third kappa shape index (κ3) is 3.40. The molecule has 8 nitrogen and oxygen atoms in total. The molecule has 1 aliphatic carbocycles. The third-order valence-corrected chi connectivity index (χ3v) is 6.87. The Morgan fingerprint density at radius 3 is 2.61 bits per heavy atom. The van der Waals surface area contributed by atoms with Gasteiger partial charge in [-0.05, 0) is 18.4 Å². The number of aromatic amines is 1. The first kappa shape index (κ1) is 18.6. The average molecular weight is 416 g/mol. The van der Waals surface area contributed by atoms with Crippen molar-refractivity contribution in [1.29, 1.82) is 0 Å². The fourth-order valence-corrected chi connectivity index (χ4v) is 5.15. The second-order valence-electron chi connectivity index (χ2n) is 9.21. The predicted molar refractivity (Wildman–Crippen MR) is 113 cm³/mol. The Kier molecular flexibility index (Phi) is 4.34. The van der Waals surface area contributed by atoms with Crippen molar-refractivity contribution in [2.24, 2.45) is 5.41 Å². The van der Waals surface area contributed by atoms with Crippen LogP contribution in [0.2, 0.25) is 0 Å². The molecule has 2 aromatic heterocycles. The Morgan fingerprint density at radius 1 is 1.10 bits per heavy atom. The van der Waals surface area contributed by atoms with E-state index in [1.807, 2.05) is 4.90 Å². The molecule has 2 saturated heterocycles. The topological polar surface area (TPSA) is 90.9 Å². The number of hydrogen-bond acceptors (Lipinski definition) is 6. The van der Waals surface area contributed by atoms with Crippen molar-refractivity contribution in [2.75, 3.05) is 26.2 Å². The van der Waals surface area contributed by atoms with Crippen LogP contribution in [-0.4, -0.2) is 67.0 Å². The van der Waals surface area contributed by atoms with Gasteiger partial charge in [0, 0.05) is 62.4 Å². The van der Waals surface area contributed by atoms with Gasteiger partial charge in [-0.25, -0.2) is 15.0 Å². The van der Waals surface area contributed by atoms with Crippen LogP contribution >= 0.6 is 0 Å². The quantitative estimate of drug-likeness (QED) is 0.687. The number of carbonyl (C=O) groups is 1. The van der Waals surface area contributed by atoms with Gasteiger partial charge in [0.05, 0.1) is 5.56 Å². The van der Waals surface area contributed by atoms with Crippen LogP contribution in [0, 0.1) is 5.41 Å². The van der Waals surface area contributed by atoms with E-state index in [-0.39, 0.29) is 17.2 Å². The van der Waals surface area contributed by atoms with Crippen molar-refractivity contribution < 1.29 is 4.79 Å². The Hall–Kier alpha value is -3.13. The van der Waals surface area contributed by atoms with E-state index >= 15 is 0 Å². The van der Waals surface area contributed by atoms with E-state index < -0.39 is 0 Å². The predicted octanol–water partition coefficient (Wildman–Crippen LogP) is 2.21. The zero-order valence-electron chi connectivity index (χ0n) is 17.3. The zero-order valence-corrected chi connectivity index (χ0v) is 17.3. The molecule has 4 heterocycles. The molecule has 1 atom stereocenters. The molecule has 3 aromatic rings. The van der Waals surface area contributed by atoms with Gasteiger partial charge in [0.2, 0.25) is 0 Å². The normalized spacial score (nSPS) is 22.6. The van der Waals surface area contributed by atoms with E-state index in [0.29, 0.717) is 11.5 Å². The van der Waals surface area contributed by atoms with E-state index in [4.69, 9.17) is 4.98 Å². The summed E-state index contributed by atoms with van der Waals surface area (Å²) in [6.07, 6.45) is 7.01. The first-order chi connectivity index (χ1) is 15.2. The molecule has 3 aliphatic rings. The highest BCUT2D eigenvalue weighted by Gasteiger charge is 2.57. The second-order valence-corrected chi connectivity index (χ2v) is 9.21.